The van der Waals surface area contributed by atoms with Crippen LogP contribution in [-0.4, -0.2) is 23.0 Å². The largest absolute Gasteiger partial charge is 0.241 e. The van der Waals surface area contributed by atoms with E-state index in [4.69, 9.17) is 0 Å². The van der Waals surface area contributed by atoms with Crippen LogP contribution in [0.1, 0.15) is 25.5 Å². The third-order valence-electron chi connectivity index (χ3n) is 2.45. The molecule has 0 saturated heterocycles. The van der Waals surface area contributed by atoms with E-state index >= 15 is 0 Å². The molecule has 2 aromatic heterocycles. The maximum Gasteiger partial charge on any atom is 0.218 e. The summed E-state index contributed by atoms with van der Waals surface area (Å²) in [5, 5.41) is 5.19. The minimum atomic E-state index is -3.55. The Kier molecular flexibility index (Phi) is 2.74. The predicted molar refractivity (Wildman–Crippen MR) is 64.5 cm³/mol. The number of hydrogen-bond acceptors (Lipinski definition) is 4. The maximum absolute atomic E-state index is 11.8. The van der Waals surface area contributed by atoms with Gasteiger partial charge in [-0.2, -0.15) is 5.10 Å². The highest BCUT2D eigenvalue weighted by molar-refractivity contribution is 7.94. The molecule has 0 atom stereocenters. The number of fused-ring (bicyclic) bond motifs is 1. The van der Waals surface area contributed by atoms with E-state index in [0.29, 0.717) is 5.52 Å². The summed E-state index contributed by atoms with van der Waals surface area (Å²) in [6, 6.07) is 1.74. The lowest BCUT2D eigenvalue weighted by atomic mass is 10.1. The first-order valence-corrected chi connectivity index (χ1v) is 6.72. The van der Waals surface area contributed by atoms with Crippen LogP contribution in [-0.2, 0) is 9.84 Å². The van der Waals surface area contributed by atoms with Gasteiger partial charge in [0.25, 0.3) is 0 Å². The Morgan fingerprint density at radius 3 is 2.76 bits per heavy atom. The molecule has 5 nitrogen and oxygen atoms in total. The first-order chi connectivity index (χ1) is 7.95. The first kappa shape index (κ1) is 11.8. The van der Waals surface area contributed by atoms with E-state index in [1.165, 1.54) is 10.7 Å². The van der Waals surface area contributed by atoms with Gasteiger partial charge < -0.3 is 0 Å². The molecule has 2 rings (SSSR count). The summed E-state index contributed by atoms with van der Waals surface area (Å²) in [6.07, 6.45) is 3.05. The molecule has 0 N–H and O–H groups in total. The van der Waals surface area contributed by atoms with Gasteiger partial charge in [-0.15, -0.1) is 0 Å². The van der Waals surface area contributed by atoms with E-state index in [2.05, 4.69) is 16.7 Å². The SMILES string of the molecule is C=CS(=O)(=O)c1nccn2nc(C(C)C)cc12. The van der Waals surface area contributed by atoms with Crippen LogP contribution >= 0.6 is 0 Å². The fourth-order valence-corrected chi connectivity index (χ4v) is 2.31. The van der Waals surface area contributed by atoms with Crippen LogP contribution in [0.3, 0.4) is 0 Å². The Bertz CT molecular complexity index is 671. The third-order valence-corrected chi connectivity index (χ3v) is 3.75. The van der Waals surface area contributed by atoms with Crippen molar-refractivity contribution in [3.05, 3.63) is 36.1 Å². The van der Waals surface area contributed by atoms with Crippen molar-refractivity contribution in [3.8, 4) is 0 Å². The van der Waals surface area contributed by atoms with Gasteiger partial charge in [-0.3, -0.25) is 0 Å². The minimum Gasteiger partial charge on any atom is -0.241 e. The quantitative estimate of drug-likeness (QED) is 0.834. The van der Waals surface area contributed by atoms with Crippen LogP contribution < -0.4 is 0 Å². The van der Waals surface area contributed by atoms with Crippen molar-refractivity contribution in [1.29, 1.82) is 0 Å². The highest BCUT2D eigenvalue weighted by atomic mass is 32.2. The van der Waals surface area contributed by atoms with E-state index in [-0.39, 0.29) is 10.9 Å². The summed E-state index contributed by atoms with van der Waals surface area (Å²) >= 11 is 0. The van der Waals surface area contributed by atoms with E-state index in [0.717, 1.165) is 11.1 Å². The zero-order valence-corrected chi connectivity index (χ0v) is 10.5. The molecule has 90 valence electrons. The van der Waals surface area contributed by atoms with Crippen molar-refractivity contribution < 1.29 is 8.42 Å². The van der Waals surface area contributed by atoms with E-state index in [1.54, 1.807) is 12.3 Å². The van der Waals surface area contributed by atoms with Gasteiger partial charge in [0.15, 0.2) is 5.03 Å². The molecule has 0 aliphatic carbocycles. The van der Waals surface area contributed by atoms with Crippen LogP contribution in [0.25, 0.3) is 5.52 Å². The Morgan fingerprint density at radius 1 is 1.47 bits per heavy atom. The lowest BCUT2D eigenvalue weighted by Gasteiger charge is -1.99. The van der Waals surface area contributed by atoms with Gasteiger partial charge in [0.1, 0.15) is 5.52 Å². The summed E-state index contributed by atoms with van der Waals surface area (Å²) in [5.41, 5.74) is 1.31. The average molecular weight is 251 g/mol. The molecule has 0 saturated carbocycles. The lowest BCUT2D eigenvalue weighted by Crippen LogP contribution is -2.02. The average Bonchev–Trinajstić information content (AvgIpc) is 2.72. The maximum atomic E-state index is 11.8. The fraction of sp³-hybridized carbons (Fsp3) is 0.273. The van der Waals surface area contributed by atoms with Gasteiger partial charge in [0, 0.05) is 17.8 Å². The molecule has 0 spiro atoms. The molecule has 17 heavy (non-hydrogen) atoms. The molecule has 0 bridgehead atoms. The molecular weight excluding hydrogens is 238 g/mol. The van der Waals surface area contributed by atoms with Crippen LogP contribution in [0, 0.1) is 0 Å². The van der Waals surface area contributed by atoms with Crippen molar-refractivity contribution in [2.75, 3.05) is 0 Å². The van der Waals surface area contributed by atoms with Crippen molar-refractivity contribution >= 4 is 15.4 Å². The molecule has 0 aliphatic heterocycles. The second-order valence-corrected chi connectivity index (χ2v) is 5.81. The molecule has 0 unspecified atom stereocenters. The van der Waals surface area contributed by atoms with Crippen LogP contribution in [0.4, 0.5) is 0 Å². The summed E-state index contributed by atoms with van der Waals surface area (Å²) in [7, 11) is -3.55. The van der Waals surface area contributed by atoms with E-state index < -0.39 is 9.84 Å². The number of aromatic nitrogens is 3. The van der Waals surface area contributed by atoms with Gasteiger partial charge in [0.2, 0.25) is 9.84 Å². The fourth-order valence-electron chi connectivity index (χ4n) is 1.50. The molecule has 2 heterocycles. The summed E-state index contributed by atoms with van der Waals surface area (Å²) in [6.45, 7) is 7.29. The van der Waals surface area contributed by atoms with Crippen molar-refractivity contribution in [1.82, 2.24) is 14.6 Å². The summed E-state index contributed by atoms with van der Waals surface area (Å²) in [5.74, 6) is 0.231. The molecule has 0 aromatic carbocycles. The Morgan fingerprint density at radius 2 is 2.18 bits per heavy atom. The molecule has 0 aliphatic rings. The Hall–Kier alpha value is -1.69. The molecule has 0 fully saturated rings. The molecule has 0 radical (unpaired) electrons. The standard InChI is InChI=1S/C11H13N3O2S/c1-4-17(15,16)11-10-7-9(8(2)3)13-14(10)6-5-12-11/h4-8H,1H2,2-3H3. The van der Waals surface area contributed by atoms with Gasteiger partial charge in [-0.1, -0.05) is 20.4 Å². The molecule has 6 heteroatoms. The molecule has 0 amide bonds. The van der Waals surface area contributed by atoms with E-state index in [1.807, 2.05) is 13.8 Å². The van der Waals surface area contributed by atoms with Crippen LogP contribution in [0.5, 0.6) is 0 Å². The summed E-state index contributed by atoms with van der Waals surface area (Å²) in [4.78, 5) is 3.90. The predicted octanol–water partition coefficient (Wildman–Crippen LogP) is 1.77. The highest BCUT2D eigenvalue weighted by Crippen LogP contribution is 2.20. The third kappa shape index (κ3) is 1.95. The van der Waals surface area contributed by atoms with Crippen LogP contribution in [0.15, 0.2) is 35.5 Å². The zero-order chi connectivity index (χ0) is 12.6. The monoisotopic (exact) mass is 251 g/mol. The van der Waals surface area contributed by atoms with Gasteiger partial charge >= 0.3 is 0 Å². The Labute approximate surface area is 99.7 Å². The number of sulfone groups is 1. The van der Waals surface area contributed by atoms with E-state index in [9.17, 15) is 8.42 Å². The molecule has 2 aromatic rings. The number of hydrogen-bond donors (Lipinski definition) is 0. The van der Waals surface area contributed by atoms with Crippen LogP contribution in [0.2, 0.25) is 0 Å². The van der Waals surface area contributed by atoms with Gasteiger partial charge in [0.05, 0.1) is 5.69 Å². The number of nitrogens with zero attached hydrogens (tertiary/aromatic N) is 3. The van der Waals surface area contributed by atoms with Gasteiger partial charge in [-0.05, 0) is 12.0 Å². The minimum absolute atomic E-state index is 0.00519. The van der Waals surface area contributed by atoms with Gasteiger partial charge in [-0.25, -0.2) is 17.9 Å². The highest BCUT2D eigenvalue weighted by Gasteiger charge is 2.18. The first-order valence-electron chi connectivity index (χ1n) is 5.17. The summed E-state index contributed by atoms with van der Waals surface area (Å²) < 4.78 is 25.1. The number of rotatable bonds is 3. The molecular formula is C11H13N3O2S. The second kappa shape index (κ2) is 3.96. The zero-order valence-electron chi connectivity index (χ0n) is 9.66. The van der Waals surface area contributed by atoms with Crippen molar-refractivity contribution in [2.24, 2.45) is 0 Å². The Balaban J connectivity index is 2.78. The van der Waals surface area contributed by atoms with Crippen molar-refractivity contribution in [3.63, 3.8) is 0 Å². The topological polar surface area (TPSA) is 64.3 Å². The second-order valence-electron chi connectivity index (χ2n) is 4.00. The smallest absolute Gasteiger partial charge is 0.218 e. The normalized spacial score (nSPS) is 12.2. The van der Waals surface area contributed by atoms with Crippen molar-refractivity contribution in [2.45, 2.75) is 24.8 Å². The lowest BCUT2D eigenvalue weighted by molar-refractivity contribution is 0.601.